The molecule has 0 aromatic heterocycles. The average molecular weight is 1310 g/mol. The molecule has 0 spiro atoms. The molecule has 9 rings (SSSR count). The maximum atomic E-state index is 5.65. The summed E-state index contributed by atoms with van der Waals surface area (Å²) < 4.78 is 11.1. The standard InChI is InChI=1S/3C11H22.2C10H20O.2C10H20.2C9H18/c3*1-11(2,3)9-10-7-5-4-6-8-10;1-10(2,3)7-9-5-4-6-11-8-9;1-10(2,3)8-9-6-4-5-7-11-9;2*1-10(2,3)8-9-6-4-5-7-9;2*1-9(2,3)7-8-5-4-6-8/h3*10H,4-9H2,1-3H3;2*9H,4-8H2,1-3H3;2*9H,4-8H2,1-3H3;2*8H,4-7H2,1-3H3. The van der Waals surface area contributed by atoms with Gasteiger partial charge in [-0.25, -0.2) is 0 Å². The van der Waals surface area contributed by atoms with Gasteiger partial charge in [0.1, 0.15) is 0 Å². The second-order valence-corrected chi connectivity index (χ2v) is 44.4. The number of ether oxygens (including phenoxy) is 2. The molecule has 93 heavy (non-hydrogen) atoms. The van der Waals surface area contributed by atoms with Gasteiger partial charge in [-0.15, -0.1) is 0 Å². The number of hydrogen-bond acceptors (Lipinski definition) is 2. The lowest BCUT2D eigenvalue weighted by molar-refractivity contribution is -0.00699. The first kappa shape index (κ1) is 90.9. The third-order valence-corrected chi connectivity index (χ3v) is 21.2. The van der Waals surface area contributed by atoms with Gasteiger partial charge in [0.25, 0.3) is 0 Å². The second kappa shape index (κ2) is 45.7. The maximum absolute atomic E-state index is 5.65. The van der Waals surface area contributed by atoms with E-state index in [-0.39, 0.29) is 0 Å². The zero-order valence-corrected chi connectivity index (χ0v) is 70.0. The molecule has 0 radical (unpaired) electrons. The largest absolute Gasteiger partial charge is 0.381 e. The lowest BCUT2D eigenvalue weighted by Crippen LogP contribution is -2.24. The highest BCUT2D eigenvalue weighted by atomic mass is 16.5. The van der Waals surface area contributed by atoms with Crippen molar-refractivity contribution in [1.82, 2.24) is 0 Å². The van der Waals surface area contributed by atoms with Gasteiger partial charge >= 0.3 is 0 Å². The van der Waals surface area contributed by atoms with Crippen molar-refractivity contribution in [3.8, 4) is 0 Å². The third kappa shape index (κ3) is 60.4. The molecule has 7 saturated carbocycles. The van der Waals surface area contributed by atoms with E-state index in [2.05, 4.69) is 187 Å². The Morgan fingerprint density at radius 3 is 0.548 bits per heavy atom. The Kier molecular flexibility index (Phi) is 44.7. The Morgan fingerprint density at radius 2 is 0.376 bits per heavy atom. The number of rotatable bonds is 9. The van der Waals surface area contributed by atoms with Crippen LogP contribution in [0.25, 0.3) is 0 Å². The fourth-order valence-corrected chi connectivity index (χ4v) is 17.5. The first-order valence-electron chi connectivity index (χ1n) is 41.9. The van der Waals surface area contributed by atoms with Crippen LogP contribution in [0, 0.1) is 96.1 Å². The molecular formula is C91H182O2. The van der Waals surface area contributed by atoms with Gasteiger partial charge in [0.15, 0.2) is 0 Å². The molecule has 2 atom stereocenters. The molecule has 2 nitrogen and oxygen atoms in total. The minimum atomic E-state index is 0.433. The monoisotopic (exact) mass is 1310 g/mol. The Hall–Kier alpha value is -0.0800. The molecule has 2 heterocycles. The van der Waals surface area contributed by atoms with Crippen molar-refractivity contribution in [1.29, 1.82) is 0 Å². The summed E-state index contributed by atoms with van der Waals surface area (Å²) in [5, 5.41) is 0. The molecular weight excluding hydrogens is 1120 g/mol. The van der Waals surface area contributed by atoms with Gasteiger partial charge in [0.05, 0.1) is 6.10 Å². The molecule has 558 valence electrons. The SMILES string of the molecule is CC(C)(C)CC1CCC1.CC(C)(C)CC1CCC1.CC(C)(C)CC1CCCC1.CC(C)(C)CC1CCCC1.CC(C)(C)CC1CCCCC1.CC(C)(C)CC1CCCCC1.CC(C)(C)CC1CCCCC1.CC(C)(C)CC1CCCCO1.CC(C)(C)CC1CCCOC1. The fourth-order valence-electron chi connectivity index (χ4n) is 17.5. The van der Waals surface area contributed by atoms with Crippen LogP contribution in [0.5, 0.6) is 0 Å². The smallest absolute Gasteiger partial charge is 0.0580 e. The molecule has 2 unspecified atom stereocenters. The van der Waals surface area contributed by atoms with Gasteiger partial charge in [-0.2, -0.15) is 0 Å². The van der Waals surface area contributed by atoms with Gasteiger partial charge in [-0.1, -0.05) is 373 Å². The molecule has 0 N–H and O–H groups in total. The van der Waals surface area contributed by atoms with E-state index < -0.39 is 0 Å². The number of hydrogen-bond donors (Lipinski definition) is 0. The van der Waals surface area contributed by atoms with Gasteiger partial charge < -0.3 is 9.47 Å². The van der Waals surface area contributed by atoms with Crippen molar-refractivity contribution in [3.05, 3.63) is 0 Å². The van der Waals surface area contributed by atoms with E-state index in [0.717, 1.165) is 67.2 Å². The van der Waals surface area contributed by atoms with E-state index in [1.165, 1.54) is 276 Å². The normalized spacial score (nSPS) is 23.1. The molecule has 0 aromatic rings. The molecule has 9 fully saturated rings. The van der Waals surface area contributed by atoms with Crippen LogP contribution in [0.1, 0.15) is 463 Å². The van der Waals surface area contributed by atoms with Crippen molar-refractivity contribution in [2.75, 3.05) is 19.8 Å². The summed E-state index contributed by atoms with van der Waals surface area (Å²) in [6, 6.07) is 0. The summed E-state index contributed by atoms with van der Waals surface area (Å²) in [5.74, 6) is 8.22. The predicted molar refractivity (Wildman–Crippen MR) is 422 cm³/mol. The van der Waals surface area contributed by atoms with Crippen molar-refractivity contribution in [2.24, 2.45) is 96.1 Å². The first-order chi connectivity index (χ1) is 42.7. The zero-order valence-electron chi connectivity index (χ0n) is 70.0. The maximum Gasteiger partial charge on any atom is 0.0580 e. The van der Waals surface area contributed by atoms with Crippen molar-refractivity contribution in [3.63, 3.8) is 0 Å². The quantitative estimate of drug-likeness (QED) is 0.229. The highest BCUT2D eigenvalue weighted by molar-refractivity contribution is 4.80. The molecule has 0 aromatic carbocycles. The highest BCUT2D eigenvalue weighted by Gasteiger charge is 2.28. The lowest BCUT2D eigenvalue weighted by Gasteiger charge is -2.31. The molecule has 7 aliphatic carbocycles. The summed E-state index contributed by atoms with van der Waals surface area (Å²) in [5.41, 5.74) is 4.86. The third-order valence-electron chi connectivity index (χ3n) is 21.2. The van der Waals surface area contributed by atoms with Crippen LogP contribution in [-0.4, -0.2) is 25.9 Å². The Labute approximate surface area is 591 Å². The summed E-state index contributed by atoms with van der Waals surface area (Å²) in [4.78, 5) is 0. The van der Waals surface area contributed by atoms with Crippen molar-refractivity contribution in [2.45, 2.75) is 469 Å². The van der Waals surface area contributed by atoms with E-state index in [4.69, 9.17) is 9.47 Å². The Morgan fingerprint density at radius 1 is 0.183 bits per heavy atom. The molecule has 2 heteroatoms. The van der Waals surface area contributed by atoms with Crippen LogP contribution in [0.4, 0.5) is 0 Å². The van der Waals surface area contributed by atoms with Crippen molar-refractivity contribution >= 4 is 0 Å². The van der Waals surface area contributed by atoms with Crippen LogP contribution in [0.15, 0.2) is 0 Å². The van der Waals surface area contributed by atoms with Gasteiger partial charge in [0, 0.05) is 19.8 Å². The van der Waals surface area contributed by atoms with Crippen LogP contribution in [0.2, 0.25) is 0 Å². The summed E-state index contributed by atoms with van der Waals surface area (Å²) in [6.07, 6.45) is 62.9. The Bertz CT molecular complexity index is 1460. The van der Waals surface area contributed by atoms with Crippen LogP contribution >= 0.6 is 0 Å². The second-order valence-electron chi connectivity index (χ2n) is 44.4. The van der Waals surface area contributed by atoms with E-state index in [9.17, 15) is 0 Å². The average Bonchev–Trinajstić information content (AvgIpc) is 4.24. The van der Waals surface area contributed by atoms with Crippen LogP contribution in [-0.2, 0) is 9.47 Å². The lowest BCUT2D eigenvalue weighted by atomic mass is 9.74. The first-order valence-corrected chi connectivity index (χ1v) is 41.9. The summed E-state index contributed by atoms with van der Waals surface area (Å²) >= 11 is 0. The van der Waals surface area contributed by atoms with E-state index in [0.29, 0.717) is 54.8 Å². The minimum Gasteiger partial charge on any atom is -0.381 e. The fraction of sp³-hybridized carbons (Fsp3) is 1.00. The summed E-state index contributed by atoms with van der Waals surface area (Å²) in [7, 11) is 0. The van der Waals surface area contributed by atoms with Gasteiger partial charge in [0.2, 0.25) is 0 Å². The molecule has 0 amide bonds. The molecule has 0 bridgehead atoms. The topological polar surface area (TPSA) is 18.5 Å². The molecule has 2 saturated heterocycles. The highest BCUT2D eigenvalue weighted by Crippen LogP contribution is 2.41. The minimum absolute atomic E-state index is 0.433. The molecule has 2 aliphatic heterocycles. The Balaban J connectivity index is 0.000000524. The zero-order chi connectivity index (χ0) is 70.6. The van der Waals surface area contributed by atoms with E-state index >= 15 is 0 Å². The van der Waals surface area contributed by atoms with E-state index in [1.54, 1.807) is 0 Å². The van der Waals surface area contributed by atoms with Crippen LogP contribution < -0.4 is 0 Å². The van der Waals surface area contributed by atoms with Crippen LogP contribution in [0.3, 0.4) is 0 Å². The van der Waals surface area contributed by atoms with Crippen molar-refractivity contribution < 1.29 is 9.47 Å². The predicted octanol–water partition coefficient (Wildman–Crippen LogP) is 31.5. The van der Waals surface area contributed by atoms with E-state index in [1.807, 2.05) is 0 Å². The van der Waals surface area contributed by atoms with Gasteiger partial charge in [-0.3, -0.25) is 0 Å². The summed E-state index contributed by atoms with van der Waals surface area (Å²) in [6.45, 7) is 66.2. The van der Waals surface area contributed by atoms with Gasteiger partial charge in [-0.05, 0) is 186 Å². The molecule has 9 aliphatic rings.